The van der Waals surface area contributed by atoms with Gasteiger partial charge in [-0.25, -0.2) is 0 Å². The first-order chi connectivity index (χ1) is 13.2. The zero-order valence-electron chi connectivity index (χ0n) is 15.9. The summed E-state index contributed by atoms with van der Waals surface area (Å²) in [6.45, 7) is 2.23. The third kappa shape index (κ3) is 5.55. The highest BCUT2D eigenvalue weighted by molar-refractivity contribution is 9.12. The molecule has 3 aliphatic rings. The van der Waals surface area contributed by atoms with E-state index in [9.17, 15) is 9.90 Å². The Morgan fingerprint density at radius 2 is 2.07 bits per heavy atom. The normalized spacial score (nSPS) is 21.2. The topological polar surface area (TPSA) is 64.9 Å². The molecule has 0 aromatic heterocycles. The Labute approximate surface area is 170 Å². The summed E-state index contributed by atoms with van der Waals surface area (Å²) in [6.07, 6.45) is 14.8. The SMILES string of the molecule is O=C(CC1CCCCCC1)NC1=CCN(CCCO)C2=NCC=CC(Br)=C12. The Bertz CT molecular complexity index is 658. The average Bonchev–Trinajstić information content (AvgIpc) is 3.02. The molecule has 0 saturated heterocycles. The molecule has 0 bridgehead atoms. The number of aliphatic hydroxyl groups is 1. The van der Waals surface area contributed by atoms with Gasteiger partial charge in [-0.15, -0.1) is 0 Å². The van der Waals surface area contributed by atoms with Crippen LogP contribution >= 0.6 is 15.9 Å². The monoisotopic (exact) mass is 435 g/mol. The molecule has 0 atom stereocenters. The number of hydrogen-bond acceptors (Lipinski definition) is 4. The van der Waals surface area contributed by atoms with Gasteiger partial charge in [0, 0.05) is 30.6 Å². The first-order valence-electron chi connectivity index (χ1n) is 10.2. The van der Waals surface area contributed by atoms with Crippen LogP contribution in [0.15, 0.2) is 39.0 Å². The molecule has 0 spiro atoms. The lowest BCUT2D eigenvalue weighted by Crippen LogP contribution is -2.41. The van der Waals surface area contributed by atoms with Crippen LogP contribution in [0, 0.1) is 5.92 Å². The quantitative estimate of drug-likeness (QED) is 0.625. The number of amidine groups is 1. The summed E-state index contributed by atoms with van der Waals surface area (Å²) >= 11 is 3.66. The molecular formula is C21H30BrN3O2. The van der Waals surface area contributed by atoms with E-state index in [-0.39, 0.29) is 12.5 Å². The number of allylic oxidation sites excluding steroid dienone is 2. The predicted octanol–water partition coefficient (Wildman–Crippen LogP) is 3.66. The maximum Gasteiger partial charge on any atom is 0.224 e. The van der Waals surface area contributed by atoms with Gasteiger partial charge in [-0.05, 0) is 53.3 Å². The van der Waals surface area contributed by atoms with Crippen LogP contribution < -0.4 is 5.32 Å². The number of rotatable bonds is 6. The standard InChI is InChI=1S/C21H30BrN3O2/c22-17-9-5-11-23-21-20(17)18(10-13-25(21)12-6-14-26)24-19(27)15-16-7-3-1-2-4-8-16/h5,9-10,16,26H,1-4,6-8,11-15H2,(H,24,27). The van der Waals surface area contributed by atoms with Crippen LogP contribution in [0.25, 0.3) is 0 Å². The summed E-state index contributed by atoms with van der Waals surface area (Å²) in [6, 6.07) is 0. The first-order valence-corrected chi connectivity index (χ1v) is 11.0. The molecule has 0 unspecified atom stereocenters. The van der Waals surface area contributed by atoms with E-state index in [4.69, 9.17) is 4.99 Å². The highest BCUT2D eigenvalue weighted by atomic mass is 79.9. The molecule has 1 aliphatic carbocycles. The van der Waals surface area contributed by atoms with E-state index in [2.05, 4.69) is 32.2 Å². The number of amides is 1. The highest BCUT2D eigenvalue weighted by Gasteiger charge is 2.27. The minimum Gasteiger partial charge on any atom is -0.396 e. The summed E-state index contributed by atoms with van der Waals surface area (Å²) in [4.78, 5) is 19.6. The van der Waals surface area contributed by atoms with Crippen LogP contribution in [-0.4, -0.2) is 48.0 Å². The Morgan fingerprint density at radius 1 is 1.30 bits per heavy atom. The van der Waals surface area contributed by atoms with Crippen molar-refractivity contribution in [2.24, 2.45) is 10.9 Å². The van der Waals surface area contributed by atoms with Crippen LogP contribution in [0.3, 0.4) is 0 Å². The molecule has 27 heavy (non-hydrogen) atoms. The fraction of sp³-hybridized carbons (Fsp3) is 0.619. The van der Waals surface area contributed by atoms with E-state index in [1.54, 1.807) is 0 Å². The van der Waals surface area contributed by atoms with Crippen molar-refractivity contribution in [2.75, 3.05) is 26.2 Å². The molecular weight excluding hydrogens is 406 g/mol. The fourth-order valence-electron chi connectivity index (χ4n) is 4.07. The van der Waals surface area contributed by atoms with Gasteiger partial charge in [0.25, 0.3) is 0 Å². The van der Waals surface area contributed by atoms with Crippen molar-refractivity contribution < 1.29 is 9.90 Å². The number of aliphatic hydroxyl groups excluding tert-OH is 1. The summed E-state index contributed by atoms with van der Waals surface area (Å²) in [5, 5.41) is 12.3. The summed E-state index contributed by atoms with van der Waals surface area (Å²) in [5.41, 5.74) is 1.80. The van der Waals surface area contributed by atoms with Crippen molar-refractivity contribution >= 4 is 27.7 Å². The van der Waals surface area contributed by atoms with Gasteiger partial charge in [0.2, 0.25) is 5.91 Å². The average molecular weight is 436 g/mol. The van der Waals surface area contributed by atoms with Gasteiger partial charge >= 0.3 is 0 Å². The highest BCUT2D eigenvalue weighted by Crippen LogP contribution is 2.29. The minimum absolute atomic E-state index is 0.109. The molecule has 2 aliphatic heterocycles. The van der Waals surface area contributed by atoms with Gasteiger partial charge in [-0.1, -0.05) is 31.8 Å². The molecule has 1 amide bonds. The van der Waals surface area contributed by atoms with E-state index >= 15 is 0 Å². The van der Waals surface area contributed by atoms with E-state index < -0.39 is 0 Å². The number of halogens is 1. The lowest BCUT2D eigenvalue weighted by atomic mass is 9.96. The maximum atomic E-state index is 12.7. The number of hydrogen-bond donors (Lipinski definition) is 2. The molecule has 6 heteroatoms. The van der Waals surface area contributed by atoms with Crippen LogP contribution in [0.1, 0.15) is 51.4 Å². The van der Waals surface area contributed by atoms with Crippen molar-refractivity contribution in [3.63, 3.8) is 0 Å². The molecule has 2 heterocycles. The van der Waals surface area contributed by atoms with Gasteiger partial charge in [0.15, 0.2) is 0 Å². The molecule has 0 aromatic carbocycles. The minimum atomic E-state index is 0.109. The van der Waals surface area contributed by atoms with E-state index in [0.29, 0.717) is 31.8 Å². The Hall–Kier alpha value is -1.40. The summed E-state index contributed by atoms with van der Waals surface area (Å²) in [7, 11) is 0. The molecule has 5 nitrogen and oxygen atoms in total. The van der Waals surface area contributed by atoms with E-state index in [0.717, 1.165) is 28.1 Å². The molecule has 1 saturated carbocycles. The van der Waals surface area contributed by atoms with E-state index in [1.165, 1.54) is 38.5 Å². The van der Waals surface area contributed by atoms with Crippen LogP contribution in [0.5, 0.6) is 0 Å². The van der Waals surface area contributed by atoms with Crippen molar-refractivity contribution in [3.05, 3.63) is 34.0 Å². The second-order valence-electron chi connectivity index (χ2n) is 7.54. The van der Waals surface area contributed by atoms with Crippen molar-refractivity contribution in [1.82, 2.24) is 10.2 Å². The van der Waals surface area contributed by atoms with Crippen molar-refractivity contribution in [1.29, 1.82) is 0 Å². The number of carbonyl (C=O) groups excluding carboxylic acids is 1. The second kappa shape index (κ2) is 10.2. The van der Waals surface area contributed by atoms with Gasteiger partial charge in [0.05, 0.1) is 17.8 Å². The first kappa shape index (κ1) is 20.3. The molecule has 0 aromatic rings. The van der Waals surface area contributed by atoms with Crippen LogP contribution in [0.2, 0.25) is 0 Å². The third-order valence-corrected chi connectivity index (χ3v) is 6.13. The van der Waals surface area contributed by atoms with Gasteiger partial charge in [-0.2, -0.15) is 0 Å². The lowest BCUT2D eigenvalue weighted by molar-refractivity contribution is -0.121. The second-order valence-corrected chi connectivity index (χ2v) is 8.39. The number of carbonyl (C=O) groups is 1. The van der Waals surface area contributed by atoms with Crippen molar-refractivity contribution in [2.45, 2.75) is 51.4 Å². The zero-order valence-corrected chi connectivity index (χ0v) is 17.5. The van der Waals surface area contributed by atoms with Crippen LogP contribution in [0.4, 0.5) is 0 Å². The van der Waals surface area contributed by atoms with Gasteiger partial charge in [0.1, 0.15) is 5.84 Å². The number of fused-ring (bicyclic) bond motifs is 1. The molecule has 0 radical (unpaired) electrons. The largest absolute Gasteiger partial charge is 0.396 e. The Kier molecular flexibility index (Phi) is 7.70. The van der Waals surface area contributed by atoms with Gasteiger partial charge in [-0.3, -0.25) is 9.79 Å². The predicted molar refractivity (Wildman–Crippen MR) is 113 cm³/mol. The number of nitrogens with one attached hydrogen (secondary N) is 1. The summed E-state index contributed by atoms with van der Waals surface area (Å²) in [5.74, 6) is 1.52. The number of aliphatic imine (C=N–C) groups is 1. The summed E-state index contributed by atoms with van der Waals surface area (Å²) < 4.78 is 0.938. The Balaban J connectivity index is 1.72. The maximum absolute atomic E-state index is 12.7. The van der Waals surface area contributed by atoms with Gasteiger partial charge < -0.3 is 15.3 Å². The van der Waals surface area contributed by atoms with Crippen molar-refractivity contribution in [3.8, 4) is 0 Å². The zero-order chi connectivity index (χ0) is 19.1. The van der Waals surface area contributed by atoms with E-state index in [1.807, 2.05) is 12.2 Å². The third-order valence-electron chi connectivity index (χ3n) is 5.47. The number of nitrogens with zero attached hydrogens (tertiary/aromatic N) is 2. The van der Waals surface area contributed by atoms with Crippen LogP contribution in [-0.2, 0) is 4.79 Å². The Morgan fingerprint density at radius 3 is 2.81 bits per heavy atom. The fourth-order valence-corrected chi connectivity index (χ4v) is 4.64. The molecule has 2 N–H and O–H groups in total. The molecule has 3 rings (SSSR count). The molecule has 1 fully saturated rings. The molecule has 148 valence electrons. The lowest BCUT2D eigenvalue weighted by Gasteiger charge is -2.32. The smallest absolute Gasteiger partial charge is 0.224 e.